The van der Waals surface area contributed by atoms with Crippen molar-refractivity contribution in [2.24, 2.45) is 0 Å². The van der Waals surface area contributed by atoms with Gasteiger partial charge in [0.1, 0.15) is 19.3 Å². The molecule has 1 aromatic heterocycles. The van der Waals surface area contributed by atoms with Crippen molar-refractivity contribution in [3.8, 4) is 11.5 Å². The van der Waals surface area contributed by atoms with Gasteiger partial charge in [0, 0.05) is 0 Å². The summed E-state index contributed by atoms with van der Waals surface area (Å²) in [6.45, 7) is 3.68. The van der Waals surface area contributed by atoms with Gasteiger partial charge in [0.15, 0.2) is 22.5 Å². The molecular formula is C19H23N2O3+. The molecule has 0 spiro atoms. The fourth-order valence-corrected chi connectivity index (χ4v) is 2.84. The van der Waals surface area contributed by atoms with Crippen molar-refractivity contribution in [1.29, 1.82) is 0 Å². The Morgan fingerprint density at radius 3 is 2.54 bits per heavy atom. The van der Waals surface area contributed by atoms with Gasteiger partial charge in [0.05, 0.1) is 13.7 Å². The smallest absolute Gasteiger partial charge is 0.244 e. The molecule has 0 fully saturated rings. The average Bonchev–Trinajstić information content (AvgIpc) is 2.98. The number of para-hydroxylation sites is 4. The number of hydrogen-bond donors (Lipinski definition) is 1. The van der Waals surface area contributed by atoms with Crippen LogP contribution < -0.4 is 14.0 Å². The highest BCUT2D eigenvalue weighted by Crippen LogP contribution is 2.25. The van der Waals surface area contributed by atoms with E-state index in [9.17, 15) is 5.11 Å². The van der Waals surface area contributed by atoms with Crippen LogP contribution in [0.3, 0.4) is 0 Å². The van der Waals surface area contributed by atoms with Crippen LogP contribution >= 0.6 is 0 Å². The largest absolute Gasteiger partial charge is 0.493 e. The zero-order chi connectivity index (χ0) is 16.9. The molecular weight excluding hydrogens is 304 g/mol. The van der Waals surface area contributed by atoms with E-state index in [1.807, 2.05) is 42.7 Å². The lowest BCUT2D eigenvalue weighted by atomic mass is 10.3. The minimum atomic E-state index is -0.615. The maximum Gasteiger partial charge on any atom is 0.244 e. The first kappa shape index (κ1) is 16.3. The fraction of sp³-hybridized carbons (Fsp3) is 0.316. The number of fused-ring (bicyclic) bond motifs is 1. The Hall–Kier alpha value is -2.53. The molecule has 126 valence electrons. The molecule has 3 rings (SSSR count). The van der Waals surface area contributed by atoms with Gasteiger partial charge in [-0.1, -0.05) is 24.3 Å². The van der Waals surface area contributed by atoms with E-state index in [-0.39, 0.29) is 6.61 Å². The normalized spacial score (nSPS) is 12.3. The lowest BCUT2D eigenvalue weighted by Gasteiger charge is -2.13. The predicted octanol–water partition coefficient (Wildman–Crippen LogP) is 2.40. The summed E-state index contributed by atoms with van der Waals surface area (Å²) in [6, 6.07) is 15.6. The summed E-state index contributed by atoms with van der Waals surface area (Å²) in [5.74, 6) is 1.31. The second-order valence-corrected chi connectivity index (χ2v) is 5.66. The number of nitrogens with zero attached hydrogens (tertiary/aromatic N) is 2. The number of aromatic nitrogens is 2. The minimum Gasteiger partial charge on any atom is -0.493 e. The van der Waals surface area contributed by atoms with Crippen LogP contribution in [0.1, 0.15) is 6.92 Å². The molecule has 0 saturated heterocycles. The first-order valence-electron chi connectivity index (χ1n) is 8.14. The van der Waals surface area contributed by atoms with Crippen LogP contribution in [0.25, 0.3) is 11.0 Å². The van der Waals surface area contributed by atoms with Crippen LogP contribution in [-0.4, -0.2) is 29.5 Å². The lowest BCUT2D eigenvalue weighted by Crippen LogP contribution is -2.41. The van der Waals surface area contributed by atoms with Gasteiger partial charge in [-0.2, -0.15) is 0 Å². The quantitative estimate of drug-likeness (QED) is 0.678. The van der Waals surface area contributed by atoms with Crippen LogP contribution in [0, 0.1) is 0 Å². The number of aliphatic hydroxyl groups is 1. The SMILES string of the molecule is CCn1c[n+](CC(O)COc2ccccc2OC)c2ccccc21. The monoisotopic (exact) mass is 327 g/mol. The van der Waals surface area contributed by atoms with E-state index in [0.29, 0.717) is 18.0 Å². The summed E-state index contributed by atoms with van der Waals surface area (Å²) in [6.07, 6.45) is 1.42. The number of ether oxygens (including phenoxy) is 2. The molecule has 0 amide bonds. The van der Waals surface area contributed by atoms with Gasteiger partial charge in [-0.15, -0.1) is 0 Å². The molecule has 1 atom stereocenters. The summed E-state index contributed by atoms with van der Waals surface area (Å²) in [4.78, 5) is 0. The number of hydrogen-bond acceptors (Lipinski definition) is 3. The summed E-state index contributed by atoms with van der Waals surface area (Å²) in [5.41, 5.74) is 2.27. The Kier molecular flexibility index (Phi) is 5.01. The Balaban J connectivity index is 1.70. The van der Waals surface area contributed by atoms with Crippen LogP contribution in [0.15, 0.2) is 54.9 Å². The molecule has 24 heavy (non-hydrogen) atoms. The second kappa shape index (κ2) is 7.36. The van der Waals surface area contributed by atoms with E-state index in [0.717, 1.165) is 17.6 Å². The number of aryl methyl sites for hydroxylation is 1. The maximum atomic E-state index is 10.4. The molecule has 0 saturated carbocycles. The van der Waals surface area contributed by atoms with Crippen molar-refractivity contribution < 1.29 is 19.1 Å². The lowest BCUT2D eigenvalue weighted by molar-refractivity contribution is -0.679. The summed E-state index contributed by atoms with van der Waals surface area (Å²) < 4.78 is 15.2. The first-order chi connectivity index (χ1) is 11.7. The molecule has 2 aromatic carbocycles. The van der Waals surface area contributed by atoms with Crippen molar-refractivity contribution in [2.45, 2.75) is 26.1 Å². The summed E-state index contributed by atoms with van der Waals surface area (Å²) >= 11 is 0. The van der Waals surface area contributed by atoms with E-state index in [2.05, 4.69) is 28.2 Å². The van der Waals surface area contributed by atoms with Gasteiger partial charge in [-0.25, -0.2) is 9.13 Å². The van der Waals surface area contributed by atoms with Crippen molar-refractivity contribution in [1.82, 2.24) is 4.57 Å². The third-order valence-corrected chi connectivity index (χ3v) is 4.03. The Bertz CT molecular complexity index is 813. The maximum absolute atomic E-state index is 10.4. The van der Waals surface area contributed by atoms with Crippen LogP contribution in [0.4, 0.5) is 0 Å². The molecule has 5 nitrogen and oxygen atoms in total. The molecule has 1 unspecified atom stereocenters. The van der Waals surface area contributed by atoms with Gasteiger partial charge >= 0.3 is 0 Å². The Morgan fingerprint density at radius 1 is 1.08 bits per heavy atom. The highest BCUT2D eigenvalue weighted by Gasteiger charge is 2.18. The fourth-order valence-electron chi connectivity index (χ4n) is 2.84. The zero-order valence-electron chi connectivity index (χ0n) is 14.1. The predicted molar refractivity (Wildman–Crippen MR) is 92.3 cm³/mol. The first-order valence-corrected chi connectivity index (χ1v) is 8.14. The van der Waals surface area contributed by atoms with Crippen LogP contribution in [0.5, 0.6) is 11.5 Å². The van der Waals surface area contributed by atoms with Crippen molar-refractivity contribution in [3.05, 3.63) is 54.9 Å². The number of aliphatic hydroxyl groups excluding tert-OH is 1. The molecule has 1 N–H and O–H groups in total. The van der Waals surface area contributed by atoms with Gasteiger partial charge in [0.2, 0.25) is 6.33 Å². The number of rotatable bonds is 7. The molecule has 0 aliphatic rings. The minimum absolute atomic E-state index is 0.207. The van der Waals surface area contributed by atoms with E-state index in [1.165, 1.54) is 0 Å². The van der Waals surface area contributed by atoms with E-state index in [1.54, 1.807) is 7.11 Å². The third-order valence-electron chi connectivity index (χ3n) is 4.03. The zero-order valence-corrected chi connectivity index (χ0v) is 14.1. The Labute approximate surface area is 141 Å². The van der Waals surface area contributed by atoms with E-state index in [4.69, 9.17) is 9.47 Å². The molecule has 0 aliphatic carbocycles. The molecule has 0 aliphatic heterocycles. The van der Waals surface area contributed by atoms with Crippen molar-refractivity contribution >= 4 is 11.0 Å². The summed E-state index contributed by atoms with van der Waals surface area (Å²) in [5, 5.41) is 10.4. The van der Waals surface area contributed by atoms with Gasteiger partial charge < -0.3 is 14.6 Å². The molecule has 0 bridgehead atoms. The molecule has 5 heteroatoms. The van der Waals surface area contributed by atoms with Crippen molar-refractivity contribution in [2.75, 3.05) is 13.7 Å². The molecule has 3 aromatic rings. The summed E-state index contributed by atoms with van der Waals surface area (Å²) in [7, 11) is 1.61. The van der Waals surface area contributed by atoms with Gasteiger partial charge in [0.25, 0.3) is 0 Å². The van der Waals surface area contributed by atoms with Gasteiger partial charge in [-0.05, 0) is 31.2 Å². The van der Waals surface area contributed by atoms with Crippen molar-refractivity contribution in [3.63, 3.8) is 0 Å². The second-order valence-electron chi connectivity index (χ2n) is 5.66. The number of benzene rings is 2. The third kappa shape index (κ3) is 3.36. The number of imidazole rings is 1. The van der Waals surface area contributed by atoms with E-state index >= 15 is 0 Å². The van der Waals surface area contributed by atoms with E-state index < -0.39 is 6.10 Å². The van der Waals surface area contributed by atoms with Gasteiger partial charge in [-0.3, -0.25) is 0 Å². The topological polar surface area (TPSA) is 47.5 Å². The molecule has 0 radical (unpaired) electrons. The highest BCUT2D eigenvalue weighted by molar-refractivity contribution is 5.71. The highest BCUT2D eigenvalue weighted by atomic mass is 16.5. The number of methoxy groups -OCH3 is 1. The Morgan fingerprint density at radius 2 is 1.79 bits per heavy atom. The molecule has 1 heterocycles. The van der Waals surface area contributed by atoms with Crippen LogP contribution in [0.2, 0.25) is 0 Å². The standard InChI is InChI=1S/C19H23N2O3/c1-3-20-14-21(17-9-5-4-8-16(17)20)12-15(22)13-24-19-11-7-6-10-18(19)23-2/h4-11,14-15,22H,3,12-13H2,1-2H3/q+1. The average molecular weight is 327 g/mol. The van der Waals surface area contributed by atoms with Crippen LogP contribution in [-0.2, 0) is 13.1 Å².